The van der Waals surface area contributed by atoms with Crippen molar-refractivity contribution in [3.05, 3.63) is 60.2 Å². The molecule has 2 aromatic rings. The number of anilines is 1. The Hall–Kier alpha value is -2.03. The highest BCUT2D eigenvalue weighted by Crippen LogP contribution is 2.18. The molecule has 5 nitrogen and oxygen atoms in total. The summed E-state index contributed by atoms with van der Waals surface area (Å²) in [5.41, 5.74) is 1.18. The normalized spacial score (nSPS) is 17.1. The average Bonchev–Trinajstić information content (AvgIpc) is 2.67. The summed E-state index contributed by atoms with van der Waals surface area (Å²) < 4.78 is 53.7. The number of nitrogens with one attached hydrogen (secondary N) is 1. The molecule has 0 bridgehead atoms. The number of hydrogen-bond acceptors (Lipinski definition) is 4. The first kappa shape index (κ1) is 19.7. The summed E-state index contributed by atoms with van der Waals surface area (Å²) in [5.74, 6) is -1.90. The minimum Gasteiger partial charge on any atom is -0.369 e. The largest absolute Gasteiger partial charge is 0.369 e. The second-order valence-corrected chi connectivity index (χ2v) is 8.37. The molecule has 0 unspecified atom stereocenters. The maximum atomic E-state index is 13.8. The number of benzene rings is 2. The van der Waals surface area contributed by atoms with E-state index in [9.17, 15) is 17.2 Å². The summed E-state index contributed by atoms with van der Waals surface area (Å²) in [6.45, 7) is 5.42. The van der Waals surface area contributed by atoms with Gasteiger partial charge in [0, 0.05) is 50.5 Å². The molecule has 2 aromatic carbocycles. The molecule has 0 aliphatic carbocycles. The first-order valence-electron chi connectivity index (χ1n) is 8.85. The van der Waals surface area contributed by atoms with Crippen LogP contribution in [0.1, 0.15) is 6.92 Å². The van der Waals surface area contributed by atoms with Gasteiger partial charge in [0.1, 0.15) is 16.5 Å². The number of piperazine rings is 1. The van der Waals surface area contributed by atoms with Gasteiger partial charge in [0.25, 0.3) is 0 Å². The van der Waals surface area contributed by atoms with Crippen LogP contribution in [0.25, 0.3) is 0 Å². The van der Waals surface area contributed by atoms with E-state index in [2.05, 4.69) is 26.7 Å². The van der Waals surface area contributed by atoms with Gasteiger partial charge >= 0.3 is 0 Å². The van der Waals surface area contributed by atoms with E-state index in [1.807, 2.05) is 25.1 Å². The fourth-order valence-corrected chi connectivity index (χ4v) is 4.37. The molecule has 1 atom stereocenters. The van der Waals surface area contributed by atoms with Gasteiger partial charge < -0.3 is 4.90 Å². The second kappa shape index (κ2) is 8.33. The molecule has 1 N–H and O–H groups in total. The van der Waals surface area contributed by atoms with Crippen molar-refractivity contribution in [3.63, 3.8) is 0 Å². The SMILES string of the molecule is C[C@@H](CNS(=O)(=O)c1ccc(F)cc1F)N1CCN(c2ccccc2)CC1. The minimum absolute atomic E-state index is 0.0405. The number of halogens is 2. The third kappa shape index (κ3) is 4.82. The maximum absolute atomic E-state index is 13.8. The Morgan fingerprint density at radius 2 is 1.70 bits per heavy atom. The Morgan fingerprint density at radius 1 is 1.04 bits per heavy atom. The topological polar surface area (TPSA) is 52.7 Å². The van der Waals surface area contributed by atoms with Crippen LogP contribution in [0.5, 0.6) is 0 Å². The minimum atomic E-state index is -4.02. The van der Waals surface area contributed by atoms with Crippen LogP contribution in [0, 0.1) is 11.6 Å². The number of rotatable bonds is 6. The molecular formula is C19H23F2N3O2S. The van der Waals surface area contributed by atoms with Crippen LogP contribution >= 0.6 is 0 Å². The predicted octanol–water partition coefficient (Wildman–Crippen LogP) is 2.45. The van der Waals surface area contributed by atoms with E-state index in [4.69, 9.17) is 0 Å². The van der Waals surface area contributed by atoms with Crippen molar-refractivity contribution in [2.24, 2.45) is 0 Å². The van der Waals surface area contributed by atoms with Gasteiger partial charge in [-0.2, -0.15) is 0 Å². The lowest BCUT2D eigenvalue weighted by Crippen LogP contribution is -2.52. The molecule has 1 saturated heterocycles. The third-order valence-corrected chi connectivity index (χ3v) is 6.27. The van der Waals surface area contributed by atoms with Gasteiger partial charge in [-0.05, 0) is 31.2 Å². The van der Waals surface area contributed by atoms with Gasteiger partial charge in [0.2, 0.25) is 10.0 Å². The van der Waals surface area contributed by atoms with Crippen molar-refractivity contribution in [1.82, 2.24) is 9.62 Å². The molecule has 27 heavy (non-hydrogen) atoms. The Morgan fingerprint density at radius 3 is 2.33 bits per heavy atom. The Bertz CT molecular complexity index is 870. The van der Waals surface area contributed by atoms with Crippen molar-refractivity contribution < 1.29 is 17.2 Å². The van der Waals surface area contributed by atoms with Gasteiger partial charge in [0.15, 0.2) is 0 Å². The molecule has 1 aliphatic heterocycles. The summed E-state index contributed by atoms with van der Waals surface area (Å²) in [7, 11) is -4.02. The molecule has 1 fully saturated rings. The molecule has 0 radical (unpaired) electrons. The first-order valence-corrected chi connectivity index (χ1v) is 10.3. The molecule has 0 spiro atoms. The number of para-hydroxylation sites is 1. The Labute approximate surface area is 158 Å². The molecule has 8 heteroatoms. The monoisotopic (exact) mass is 395 g/mol. The van der Waals surface area contributed by atoms with Gasteiger partial charge in [-0.25, -0.2) is 21.9 Å². The summed E-state index contributed by atoms with van der Waals surface area (Å²) >= 11 is 0. The van der Waals surface area contributed by atoms with Crippen LogP contribution in [0.3, 0.4) is 0 Å². The smallest absolute Gasteiger partial charge is 0.243 e. The molecule has 1 heterocycles. The summed E-state index contributed by atoms with van der Waals surface area (Å²) in [6.07, 6.45) is 0. The highest BCUT2D eigenvalue weighted by atomic mass is 32.2. The number of nitrogens with zero attached hydrogens (tertiary/aromatic N) is 2. The lowest BCUT2D eigenvalue weighted by molar-refractivity contribution is 0.198. The van der Waals surface area contributed by atoms with Crippen molar-refractivity contribution in [3.8, 4) is 0 Å². The van der Waals surface area contributed by atoms with Gasteiger partial charge in [0.05, 0.1) is 0 Å². The van der Waals surface area contributed by atoms with Gasteiger partial charge in [-0.3, -0.25) is 4.90 Å². The summed E-state index contributed by atoms with van der Waals surface area (Å²) in [5, 5.41) is 0. The maximum Gasteiger partial charge on any atom is 0.243 e. The predicted molar refractivity (Wildman–Crippen MR) is 101 cm³/mol. The molecule has 3 rings (SSSR count). The molecule has 0 amide bonds. The van der Waals surface area contributed by atoms with E-state index in [0.717, 1.165) is 38.3 Å². The van der Waals surface area contributed by atoms with E-state index in [-0.39, 0.29) is 12.6 Å². The van der Waals surface area contributed by atoms with E-state index in [0.29, 0.717) is 6.07 Å². The molecule has 0 saturated carbocycles. The third-order valence-electron chi connectivity index (χ3n) is 4.81. The van der Waals surface area contributed by atoms with Crippen LogP contribution in [0.2, 0.25) is 0 Å². The highest BCUT2D eigenvalue weighted by Gasteiger charge is 2.24. The summed E-state index contributed by atoms with van der Waals surface area (Å²) in [6, 6.07) is 12.6. The van der Waals surface area contributed by atoms with Crippen LogP contribution in [-0.2, 0) is 10.0 Å². The lowest BCUT2D eigenvalue weighted by Gasteiger charge is -2.39. The quantitative estimate of drug-likeness (QED) is 0.816. The van der Waals surface area contributed by atoms with Gasteiger partial charge in [-0.1, -0.05) is 18.2 Å². The highest BCUT2D eigenvalue weighted by molar-refractivity contribution is 7.89. The van der Waals surface area contributed by atoms with E-state index in [1.54, 1.807) is 0 Å². The van der Waals surface area contributed by atoms with E-state index < -0.39 is 26.6 Å². The zero-order chi connectivity index (χ0) is 19.4. The average molecular weight is 395 g/mol. The second-order valence-electron chi connectivity index (χ2n) is 6.63. The van der Waals surface area contributed by atoms with Crippen molar-refractivity contribution in [1.29, 1.82) is 0 Å². The van der Waals surface area contributed by atoms with Crippen LogP contribution in [0.4, 0.5) is 14.5 Å². The molecular weight excluding hydrogens is 372 g/mol. The fraction of sp³-hybridized carbons (Fsp3) is 0.368. The lowest BCUT2D eigenvalue weighted by atomic mass is 10.2. The molecule has 0 aromatic heterocycles. The number of sulfonamides is 1. The van der Waals surface area contributed by atoms with Crippen molar-refractivity contribution >= 4 is 15.7 Å². The fourth-order valence-electron chi connectivity index (χ4n) is 3.19. The zero-order valence-electron chi connectivity index (χ0n) is 15.1. The standard InChI is InChI=1S/C19H23F2N3O2S/c1-15(14-22-27(25,26)19-8-7-16(20)13-18(19)21)23-9-11-24(12-10-23)17-5-3-2-4-6-17/h2-8,13,15,22H,9-12,14H2,1H3/t15-/m0/s1. The zero-order valence-corrected chi connectivity index (χ0v) is 15.9. The molecule has 146 valence electrons. The van der Waals surface area contributed by atoms with Crippen molar-refractivity contribution in [2.75, 3.05) is 37.6 Å². The van der Waals surface area contributed by atoms with Crippen molar-refractivity contribution in [2.45, 2.75) is 17.9 Å². The van der Waals surface area contributed by atoms with Crippen LogP contribution in [-0.4, -0.2) is 52.1 Å². The summed E-state index contributed by atoms with van der Waals surface area (Å²) in [4.78, 5) is 3.95. The first-order chi connectivity index (χ1) is 12.9. The van der Waals surface area contributed by atoms with Crippen LogP contribution < -0.4 is 9.62 Å². The van der Waals surface area contributed by atoms with Crippen LogP contribution in [0.15, 0.2) is 53.4 Å². The van der Waals surface area contributed by atoms with E-state index >= 15 is 0 Å². The Balaban J connectivity index is 1.54. The van der Waals surface area contributed by atoms with E-state index in [1.165, 1.54) is 5.69 Å². The Kier molecular flexibility index (Phi) is 6.08. The number of hydrogen-bond donors (Lipinski definition) is 1. The van der Waals surface area contributed by atoms with Gasteiger partial charge in [-0.15, -0.1) is 0 Å². The molecule has 1 aliphatic rings.